The molecule has 5 heteroatoms. The first-order valence-electron chi connectivity index (χ1n) is 5.66. The van der Waals surface area contributed by atoms with Crippen LogP contribution in [0.15, 0.2) is 34.1 Å². The average molecular weight is 319 g/mol. The lowest BCUT2D eigenvalue weighted by Crippen LogP contribution is -2.15. The van der Waals surface area contributed by atoms with Crippen LogP contribution in [0, 0.1) is 0 Å². The van der Waals surface area contributed by atoms with E-state index in [9.17, 15) is 0 Å². The largest absolute Gasteiger partial charge is 0.156 e. The van der Waals surface area contributed by atoms with E-state index in [2.05, 4.69) is 36.0 Å². The van der Waals surface area contributed by atoms with Crippen LogP contribution in [0.1, 0.15) is 0 Å². The molecule has 2 fully saturated rings. The predicted octanol–water partition coefficient (Wildman–Crippen LogP) is 4.75. The molecule has 0 spiro atoms. The Labute approximate surface area is 124 Å². The zero-order valence-electron chi connectivity index (χ0n) is 9.33. The fourth-order valence-corrected chi connectivity index (χ4v) is 6.77. The average Bonchev–Trinajstić information content (AvgIpc) is 3.09. The van der Waals surface area contributed by atoms with Crippen molar-refractivity contribution in [1.82, 2.24) is 0 Å². The van der Waals surface area contributed by atoms with Crippen molar-refractivity contribution in [1.29, 1.82) is 0 Å². The monoisotopic (exact) mass is 318 g/mol. The van der Waals surface area contributed by atoms with Gasteiger partial charge in [-0.15, -0.1) is 23.5 Å². The van der Waals surface area contributed by atoms with Crippen molar-refractivity contribution >= 4 is 56.9 Å². The Morgan fingerprint density at radius 2 is 1.71 bits per heavy atom. The molecule has 0 aromatic heterocycles. The highest BCUT2D eigenvalue weighted by atomic mass is 33.1. The lowest BCUT2D eigenvalue weighted by molar-refractivity contribution is 1.14. The topological polar surface area (TPSA) is 0 Å². The SMILES string of the molecule is c1cc(SCC2CS2)cc(SCC2CSS2)c1. The molecule has 3 rings (SSSR count). The Hall–Kier alpha value is 0.970. The maximum absolute atomic E-state index is 2.36. The molecule has 2 aliphatic heterocycles. The Balaban J connectivity index is 1.49. The molecule has 1 aromatic rings. The van der Waals surface area contributed by atoms with Crippen LogP contribution in [-0.2, 0) is 0 Å². The van der Waals surface area contributed by atoms with Crippen molar-refractivity contribution < 1.29 is 0 Å². The molecule has 0 aliphatic carbocycles. The predicted molar refractivity (Wildman–Crippen MR) is 88.0 cm³/mol. The Bertz CT molecular complexity index is 373. The van der Waals surface area contributed by atoms with Gasteiger partial charge < -0.3 is 0 Å². The van der Waals surface area contributed by atoms with E-state index in [4.69, 9.17) is 0 Å². The van der Waals surface area contributed by atoms with Crippen LogP contribution in [0.25, 0.3) is 0 Å². The zero-order valence-corrected chi connectivity index (χ0v) is 13.4. The lowest BCUT2D eigenvalue weighted by Gasteiger charge is -2.22. The first-order chi connectivity index (χ1) is 8.40. The van der Waals surface area contributed by atoms with Crippen LogP contribution in [0.5, 0.6) is 0 Å². The van der Waals surface area contributed by atoms with Gasteiger partial charge in [-0.2, -0.15) is 11.8 Å². The molecule has 17 heavy (non-hydrogen) atoms. The molecule has 0 radical (unpaired) electrons. The highest BCUT2D eigenvalue weighted by molar-refractivity contribution is 8.79. The fraction of sp³-hybridized carbons (Fsp3) is 0.500. The van der Waals surface area contributed by atoms with Crippen molar-refractivity contribution in [3.8, 4) is 0 Å². The lowest BCUT2D eigenvalue weighted by atomic mass is 10.4. The minimum Gasteiger partial charge on any atom is -0.156 e. The van der Waals surface area contributed by atoms with Gasteiger partial charge in [-0.05, 0) is 18.2 Å². The molecule has 2 saturated heterocycles. The molecule has 0 N–H and O–H groups in total. The molecule has 2 aliphatic rings. The highest BCUT2D eigenvalue weighted by Crippen LogP contribution is 2.43. The van der Waals surface area contributed by atoms with Gasteiger partial charge in [-0.25, -0.2) is 0 Å². The number of benzene rings is 1. The quantitative estimate of drug-likeness (QED) is 0.420. The van der Waals surface area contributed by atoms with E-state index in [1.165, 1.54) is 32.8 Å². The van der Waals surface area contributed by atoms with Gasteiger partial charge in [0.25, 0.3) is 0 Å². The van der Waals surface area contributed by atoms with Crippen molar-refractivity contribution in [2.45, 2.75) is 20.3 Å². The van der Waals surface area contributed by atoms with E-state index < -0.39 is 0 Å². The summed E-state index contributed by atoms with van der Waals surface area (Å²) in [6.45, 7) is 0. The first kappa shape index (κ1) is 13.0. The highest BCUT2D eigenvalue weighted by Gasteiger charge is 2.22. The second kappa shape index (κ2) is 6.42. The van der Waals surface area contributed by atoms with E-state index in [1.54, 1.807) is 0 Å². The summed E-state index contributed by atoms with van der Waals surface area (Å²) in [4.78, 5) is 2.88. The zero-order chi connectivity index (χ0) is 11.5. The number of rotatable bonds is 6. The van der Waals surface area contributed by atoms with Crippen molar-refractivity contribution in [2.75, 3.05) is 23.0 Å². The van der Waals surface area contributed by atoms with Crippen LogP contribution in [-0.4, -0.2) is 33.5 Å². The van der Waals surface area contributed by atoms with E-state index >= 15 is 0 Å². The van der Waals surface area contributed by atoms with Gasteiger partial charge in [0.1, 0.15) is 0 Å². The van der Waals surface area contributed by atoms with Gasteiger partial charge in [-0.1, -0.05) is 27.7 Å². The summed E-state index contributed by atoms with van der Waals surface area (Å²) >= 11 is 6.12. The molecule has 92 valence electrons. The summed E-state index contributed by atoms with van der Waals surface area (Å²) in [6, 6.07) is 9.05. The van der Waals surface area contributed by atoms with Crippen LogP contribution >= 0.6 is 56.9 Å². The first-order valence-corrected chi connectivity index (χ1v) is 11.1. The van der Waals surface area contributed by atoms with Gasteiger partial charge in [0.2, 0.25) is 0 Å². The molecule has 0 amide bonds. The second-order valence-electron chi connectivity index (χ2n) is 4.05. The summed E-state index contributed by atoms with van der Waals surface area (Å²) in [5.74, 6) is 5.27. The second-order valence-corrected chi connectivity index (χ2v) is 10.3. The Morgan fingerprint density at radius 3 is 2.24 bits per heavy atom. The normalized spacial score (nSPS) is 26.6. The smallest absolute Gasteiger partial charge is 0.0344 e. The van der Waals surface area contributed by atoms with E-state index in [0.717, 1.165) is 10.5 Å². The van der Waals surface area contributed by atoms with Crippen molar-refractivity contribution in [3.63, 3.8) is 0 Å². The van der Waals surface area contributed by atoms with Crippen molar-refractivity contribution in [2.24, 2.45) is 0 Å². The third-order valence-electron chi connectivity index (χ3n) is 2.54. The van der Waals surface area contributed by atoms with Crippen LogP contribution in [0.3, 0.4) is 0 Å². The van der Waals surface area contributed by atoms with E-state index in [0.29, 0.717) is 0 Å². The van der Waals surface area contributed by atoms with Gasteiger partial charge in [-0.3, -0.25) is 0 Å². The number of hydrogen-bond donors (Lipinski definition) is 0. The number of hydrogen-bond acceptors (Lipinski definition) is 5. The summed E-state index contributed by atoms with van der Waals surface area (Å²) in [6.07, 6.45) is 0. The minimum atomic E-state index is 0.879. The third-order valence-corrected chi connectivity index (χ3v) is 9.37. The summed E-state index contributed by atoms with van der Waals surface area (Å²) in [5, 5.41) is 1.81. The minimum absolute atomic E-state index is 0.879. The standard InChI is InChI=1S/C12H14S5/c1-2-9(13-5-11-6-15-11)4-10(3-1)14-7-12-8-16-17-12/h1-4,11-12H,5-8H2. The molecule has 1 aromatic carbocycles. The fourth-order valence-electron chi connectivity index (χ4n) is 1.44. The summed E-state index contributed by atoms with van der Waals surface area (Å²) < 4.78 is 0. The summed E-state index contributed by atoms with van der Waals surface area (Å²) in [5.41, 5.74) is 0. The molecule has 2 heterocycles. The van der Waals surface area contributed by atoms with Gasteiger partial charge in [0.05, 0.1) is 0 Å². The molecule has 0 bridgehead atoms. The van der Waals surface area contributed by atoms with Crippen LogP contribution in [0.4, 0.5) is 0 Å². The third kappa shape index (κ3) is 4.23. The van der Waals surface area contributed by atoms with E-state index in [-0.39, 0.29) is 0 Å². The molecule has 2 unspecified atom stereocenters. The summed E-state index contributed by atoms with van der Waals surface area (Å²) in [7, 11) is 4.04. The van der Waals surface area contributed by atoms with Gasteiger partial charge in [0, 0.05) is 43.3 Å². The van der Waals surface area contributed by atoms with Crippen molar-refractivity contribution in [3.05, 3.63) is 24.3 Å². The van der Waals surface area contributed by atoms with Gasteiger partial charge >= 0.3 is 0 Å². The molecular formula is C12H14S5. The maximum atomic E-state index is 2.36. The molecular weight excluding hydrogens is 304 g/mol. The van der Waals surface area contributed by atoms with E-state index in [1.807, 2.05) is 45.1 Å². The Morgan fingerprint density at radius 1 is 1.06 bits per heavy atom. The maximum Gasteiger partial charge on any atom is 0.0344 e. The van der Waals surface area contributed by atoms with Crippen LogP contribution < -0.4 is 0 Å². The van der Waals surface area contributed by atoms with Crippen LogP contribution in [0.2, 0.25) is 0 Å². The van der Waals surface area contributed by atoms with Gasteiger partial charge in [0.15, 0.2) is 0 Å². The number of thioether (sulfide) groups is 3. The molecule has 0 saturated carbocycles. The molecule has 0 nitrogen and oxygen atoms in total. The Kier molecular flexibility index (Phi) is 4.90. The molecule has 2 atom stereocenters.